The lowest BCUT2D eigenvalue weighted by Crippen LogP contribution is -2.49. The van der Waals surface area contributed by atoms with E-state index in [0.717, 1.165) is 24.2 Å². The molecule has 1 aromatic carbocycles. The number of nitrogens with zero attached hydrogens (tertiary/aromatic N) is 3. The Morgan fingerprint density at radius 3 is 2.64 bits per heavy atom. The molecule has 6 nitrogen and oxygen atoms in total. The topological polar surface area (TPSA) is 67.2 Å². The van der Waals surface area contributed by atoms with E-state index >= 15 is 0 Å². The van der Waals surface area contributed by atoms with Gasteiger partial charge in [0.25, 0.3) is 0 Å². The second-order valence-corrected chi connectivity index (χ2v) is 8.26. The van der Waals surface area contributed by atoms with Crippen molar-refractivity contribution in [2.75, 3.05) is 19.6 Å². The molecule has 0 saturated carbocycles. The highest BCUT2D eigenvalue weighted by Crippen LogP contribution is 2.29. The van der Waals surface area contributed by atoms with Crippen molar-refractivity contribution < 1.29 is 8.42 Å². The van der Waals surface area contributed by atoms with Crippen LogP contribution in [-0.2, 0) is 29.9 Å². The van der Waals surface area contributed by atoms with Gasteiger partial charge in [0.15, 0.2) is 0 Å². The lowest BCUT2D eigenvalue weighted by atomic mass is 10.0. The average Bonchev–Trinajstić information content (AvgIpc) is 3.06. The van der Waals surface area contributed by atoms with Crippen LogP contribution >= 0.6 is 0 Å². The van der Waals surface area contributed by atoms with Crippen LogP contribution in [-0.4, -0.2) is 41.9 Å². The maximum atomic E-state index is 13.3. The highest BCUT2D eigenvalue weighted by molar-refractivity contribution is 7.89. The van der Waals surface area contributed by atoms with Crippen LogP contribution in [0.4, 0.5) is 0 Å². The van der Waals surface area contributed by atoms with E-state index in [1.807, 2.05) is 29.9 Å². The molecule has 2 heterocycles. The van der Waals surface area contributed by atoms with Gasteiger partial charge in [-0.05, 0) is 36.1 Å². The number of nitrogens with one attached hydrogen (secondary N) is 1. The zero-order valence-electron chi connectivity index (χ0n) is 15.1. The number of rotatable bonds is 5. The van der Waals surface area contributed by atoms with Crippen LogP contribution in [0.2, 0.25) is 0 Å². The predicted molar refractivity (Wildman–Crippen MR) is 97.9 cm³/mol. The first-order valence-electron chi connectivity index (χ1n) is 8.80. The summed E-state index contributed by atoms with van der Waals surface area (Å²) < 4.78 is 30.1. The first-order valence-corrected chi connectivity index (χ1v) is 10.2. The van der Waals surface area contributed by atoms with Gasteiger partial charge in [-0.1, -0.05) is 19.9 Å². The van der Waals surface area contributed by atoms with Crippen molar-refractivity contribution in [3.05, 3.63) is 47.5 Å². The van der Waals surface area contributed by atoms with Gasteiger partial charge >= 0.3 is 0 Å². The molecule has 25 heavy (non-hydrogen) atoms. The normalized spacial score (nSPS) is 19.2. The maximum absolute atomic E-state index is 13.3. The lowest BCUT2D eigenvalue weighted by molar-refractivity contribution is 0.258. The van der Waals surface area contributed by atoms with Crippen LogP contribution in [0, 0.1) is 0 Å². The quantitative estimate of drug-likeness (QED) is 0.882. The van der Waals surface area contributed by atoms with E-state index in [1.165, 1.54) is 5.56 Å². The van der Waals surface area contributed by atoms with Crippen molar-refractivity contribution >= 4 is 10.0 Å². The molecular weight excluding hydrogens is 336 g/mol. The predicted octanol–water partition coefficient (Wildman–Crippen LogP) is 1.88. The van der Waals surface area contributed by atoms with E-state index < -0.39 is 10.0 Å². The zero-order valence-corrected chi connectivity index (χ0v) is 15.9. The van der Waals surface area contributed by atoms with Gasteiger partial charge in [0.2, 0.25) is 10.0 Å². The van der Waals surface area contributed by atoms with Gasteiger partial charge in [0.1, 0.15) is 5.82 Å². The number of imidazole rings is 1. The van der Waals surface area contributed by atoms with Crippen molar-refractivity contribution in [2.24, 2.45) is 7.05 Å². The summed E-state index contributed by atoms with van der Waals surface area (Å²) in [6.45, 7) is 5.81. The zero-order chi connectivity index (χ0) is 18.0. The van der Waals surface area contributed by atoms with E-state index in [2.05, 4.69) is 24.1 Å². The largest absolute Gasteiger partial charge is 0.337 e. The monoisotopic (exact) mass is 362 g/mol. The minimum atomic E-state index is -3.57. The molecule has 1 fully saturated rings. The molecule has 7 heteroatoms. The molecule has 1 unspecified atom stereocenters. The van der Waals surface area contributed by atoms with Crippen molar-refractivity contribution in [1.29, 1.82) is 0 Å². The Balaban J connectivity index is 2.01. The summed E-state index contributed by atoms with van der Waals surface area (Å²) in [6.07, 6.45) is 5.30. The number of hydrogen-bond acceptors (Lipinski definition) is 4. The number of hydrogen-bond donors (Lipinski definition) is 1. The summed E-state index contributed by atoms with van der Waals surface area (Å²) in [4.78, 5) is 4.75. The summed E-state index contributed by atoms with van der Waals surface area (Å²) in [5.74, 6) is 0.761. The molecule has 1 aromatic heterocycles. The van der Waals surface area contributed by atoms with E-state index in [1.54, 1.807) is 16.6 Å². The van der Waals surface area contributed by atoms with Crippen LogP contribution in [0.3, 0.4) is 0 Å². The molecule has 1 aliphatic rings. The Bertz CT molecular complexity index is 845. The molecule has 1 N–H and O–H groups in total. The Morgan fingerprint density at radius 2 is 2.00 bits per heavy atom. The molecule has 1 aliphatic heterocycles. The van der Waals surface area contributed by atoms with E-state index in [-0.39, 0.29) is 6.04 Å². The third kappa shape index (κ3) is 3.36. The first kappa shape index (κ1) is 18.1. The molecule has 0 radical (unpaired) electrons. The Kier molecular flexibility index (Phi) is 5.27. The molecule has 3 rings (SSSR count). The number of benzene rings is 1. The maximum Gasteiger partial charge on any atom is 0.243 e. The molecule has 2 aromatic rings. The van der Waals surface area contributed by atoms with Gasteiger partial charge in [-0.3, -0.25) is 0 Å². The second kappa shape index (κ2) is 7.27. The molecular formula is C18H26N4O2S. The van der Waals surface area contributed by atoms with Crippen molar-refractivity contribution in [3.63, 3.8) is 0 Å². The van der Waals surface area contributed by atoms with Gasteiger partial charge in [-0.15, -0.1) is 0 Å². The molecule has 136 valence electrons. The van der Waals surface area contributed by atoms with E-state index in [0.29, 0.717) is 24.5 Å². The van der Waals surface area contributed by atoms with Crippen molar-refractivity contribution in [3.8, 4) is 0 Å². The van der Waals surface area contributed by atoms with Gasteiger partial charge < -0.3 is 9.88 Å². The van der Waals surface area contributed by atoms with Crippen LogP contribution < -0.4 is 5.32 Å². The van der Waals surface area contributed by atoms with Crippen LogP contribution in [0.5, 0.6) is 0 Å². The SMILES string of the molecule is CCc1ccc(S(=O)(=O)N2CCNCC2c2nccn2C)cc1CC. The lowest BCUT2D eigenvalue weighted by Gasteiger charge is -2.34. The molecule has 0 aliphatic carbocycles. The summed E-state index contributed by atoms with van der Waals surface area (Å²) in [7, 11) is -1.68. The number of piperazine rings is 1. The molecule has 0 amide bonds. The minimum Gasteiger partial charge on any atom is -0.337 e. The van der Waals surface area contributed by atoms with Gasteiger partial charge in [-0.2, -0.15) is 4.31 Å². The second-order valence-electron chi connectivity index (χ2n) is 6.37. The fraction of sp³-hybridized carbons (Fsp3) is 0.500. The fourth-order valence-corrected chi connectivity index (χ4v) is 5.10. The first-order chi connectivity index (χ1) is 12.0. The van der Waals surface area contributed by atoms with Crippen LogP contribution in [0.1, 0.15) is 36.8 Å². The summed E-state index contributed by atoms with van der Waals surface area (Å²) in [5.41, 5.74) is 2.31. The highest BCUT2D eigenvalue weighted by Gasteiger charge is 2.36. The van der Waals surface area contributed by atoms with Crippen molar-refractivity contribution in [1.82, 2.24) is 19.2 Å². The Hall–Kier alpha value is -1.70. The molecule has 0 spiro atoms. The minimum absolute atomic E-state index is 0.297. The van der Waals surface area contributed by atoms with E-state index in [4.69, 9.17) is 0 Å². The highest BCUT2D eigenvalue weighted by atomic mass is 32.2. The Morgan fingerprint density at radius 1 is 1.24 bits per heavy atom. The third-order valence-corrected chi connectivity index (χ3v) is 6.80. The smallest absolute Gasteiger partial charge is 0.243 e. The average molecular weight is 362 g/mol. The van der Waals surface area contributed by atoms with Gasteiger partial charge in [0, 0.05) is 39.1 Å². The standard InChI is InChI=1S/C18H26N4O2S/c1-4-14-6-7-16(12-15(14)5-2)25(23,24)22-11-8-19-13-17(22)18-20-9-10-21(18)3/h6-7,9-10,12,17,19H,4-5,8,11,13H2,1-3H3. The number of aromatic nitrogens is 2. The molecule has 1 atom stereocenters. The fourth-order valence-electron chi connectivity index (χ4n) is 3.46. The summed E-state index contributed by atoms with van der Waals surface area (Å²) in [5, 5.41) is 3.29. The summed E-state index contributed by atoms with van der Waals surface area (Å²) in [6, 6.07) is 5.23. The third-order valence-electron chi connectivity index (χ3n) is 4.90. The van der Waals surface area contributed by atoms with Crippen molar-refractivity contribution in [2.45, 2.75) is 37.6 Å². The van der Waals surface area contributed by atoms with Gasteiger partial charge in [-0.25, -0.2) is 13.4 Å². The summed E-state index contributed by atoms with van der Waals surface area (Å²) >= 11 is 0. The molecule has 1 saturated heterocycles. The van der Waals surface area contributed by atoms with E-state index in [9.17, 15) is 8.42 Å². The molecule has 0 bridgehead atoms. The van der Waals surface area contributed by atoms with Crippen LogP contribution in [0.25, 0.3) is 0 Å². The number of aryl methyl sites for hydroxylation is 3. The van der Waals surface area contributed by atoms with Gasteiger partial charge in [0.05, 0.1) is 10.9 Å². The Labute approximate surface area is 149 Å². The number of sulfonamides is 1. The van der Waals surface area contributed by atoms with Crippen LogP contribution in [0.15, 0.2) is 35.5 Å².